The molecule has 1 aliphatic carbocycles. The van der Waals surface area contributed by atoms with Crippen LogP contribution < -0.4 is 10.6 Å². The summed E-state index contributed by atoms with van der Waals surface area (Å²) in [5.41, 5.74) is 5.63. The fraction of sp³-hybridized carbons (Fsp3) is 0.611. The van der Waals surface area contributed by atoms with E-state index in [9.17, 15) is 18.0 Å². The first-order valence-electron chi connectivity index (χ1n) is 8.62. The smallest absolute Gasteiger partial charge is 0.371 e. The van der Waals surface area contributed by atoms with Crippen molar-refractivity contribution in [3.05, 3.63) is 29.8 Å². The molecule has 1 heterocycles. The number of fused-ring (bicyclic) bond motifs is 1. The molecule has 0 spiro atoms. The number of carbonyl (C=O) groups is 1. The number of hydrogen-bond acceptors (Lipinski definition) is 3. The van der Waals surface area contributed by atoms with Gasteiger partial charge in [-0.1, -0.05) is 0 Å². The number of primary amides is 1. The van der Waals surface area contributed by atoms with Crippen molar-refractivity contribution in [1.82, 2.24) is 4.90 Å². The predicted octanol–water partition coefficient (Wildman–Crippen LogP) is 2.73. The fourth-order valence-corrected chi connectivity index (χ4v) is 4.30. The van der Waals surface area contributed by atoms with E-state index in [-0.39, 0.29) is 18.0 Å². The Labute approximate surface area is 145 Å². The second-order valence-corrected chi connectivity index (χ2v) is 7.26. The van der Waals surface area contributed by atoms with Crippen LogP contribution in [0.3, 0.4) is 0 Å². The molecule has 2 fully saturated rings. The van der Waals surface area contributed by atoms with Gasteiger partial charge in [0, 0.05) is 24.8 Å². The molecule has 0 bridgehead atoms. The van der Waals surface area contributed by atoms with E-state index >= 15 is 0 Å². The topological polar surface area (TPSA) is 49.6 Å². The fourth-order valence-electron chi connectivity index (χ4n) is 4.30. The van der Waals surface area contributed by atoms with Crippen molar-refractivity contribution in [1.29, 1.82) is 0 Å². The van der Waals surface area contributed by atoms with Gasteiger partial charge >= 0.3 is 6.18 Å². The maximum absolute atomic E-state index is 12.7. The first-order valence-corrected chi connectivity index (χ1v) is 8.62. The number of benzene rings is 1. The van der Waals surface area contributed by atoms with Crippen LogP contribution in [0.15, 0.2) is 24.3 Å². The lowest BCUT2D eigenvalue weighted by molar-refractivity contribution is -0.137. The van der Waals surface area contributed by atoms with E-state index in [0.717, 1.165) is 43.8 Å². The van der Waals surface area contributed by atoms with Crippen molar-refractivity contribution in [2.45, 2.75) is 38.0 Å². The molecule has 3 rings (SSSR count). The highest BCUT2D eigenvalue weighted by molar-refractivity contribution is 5.79. The zero-order valence-corrected chi connectivity index (χ0v) is 14.5. The second kappa shape index (κ2) is 6.52. The summed E-state index contributed by atoms with van der Waals surface area (Å²) in [6.07, 6.45) is -2.20. The van der Waals surface area contributed by atoms with Crippen LogP contribution in [-0.2, 0) is 11.0 Å². The van der Waals surface area contributed by atoms with Crippen LogP contribution >= 0.6 is 0 Å². The number of nitrogens with two attached hydrogens (primary N) is 1. The van der Waals surface area contributed by atoms with Gasteiger partial charge in [0.1, 0.15) is 0 Å². The second-order valence-electron chi connectivity index (χ2n) is 7.26. The van der Waals surface area contributed by atoms with Gasteiger partial charge in [0.05, 0.1) is 11.6 Å². The largest absolute Gasteiger partial charge is 0.416 e. The maximum atomic E-state index is 12.7. The van der Waals surface area contributed by atoms with Gasteiger partial charge in [-0.05, 0) is 62.9 Å². The molecule has 0 aromatic heterocycles. The lowest BCUT2D eigenvalue weighted by Crippen LogP contribution is -2.48. The summed E-state index contributed by atoms with van der Waals surface area (Å²) >= 11 is 0. The SMILES string of the molecule is C[C@@H](C(N)=O)N(C)[C@H]1CC[C@@H]2CN(c3ccc(C(F)(F)F)cc3)C[C@@H]21. The normalized spacial score (nSPS) is 27.6. The Hall–Kier alpha value is -1.76. The van der Waals surface area contributed by atoms with E-state index in [1.165, 1.54) is 0 Å². The number of hydrogen-bond donors (Lipinski definition) is 1. The summed E-state index contributed by atoms with van der Waals surface area (Å²) in [4.78, 5) is 15.7. The summed E-state index contributed by atoms with van der Waals surface area (Å²) < 4.78 is 38.1. The van der Waals surface area contributed by atoms with Gasteiger partial charge in [0.2, 0.25) is 5.91 Å². The predicted molar refractivity (Wildman–Crippen MR) is 90.1 cm³/mol. The van der Waals surface area contributed by atoms with Gasteiger partial charge in [-0.15, -0.1) is 0 Å². The highest BCUT2D eigenvalue weighted by Crippen LogP contribution is 2.42. The van der Waals surface area contributed by atoms with E-state index < -0.39 is 11.7 Å². The number of anilines is 1. The molecule has 0 radical (unpaired) electrons. The summed E-state index contributed by atoms with van der Waals surface area (Å²) in [6, 6.07) is 5.35. The molecule has 4 nitrogen and oxygen atoms in total. The van der Waals surface area contributed by atoms with Crippen LogP contribution in [0.4, 0.5) is 18.9 Å². The average Bonchev–Trinajstić information content (AvgIpc) is 3.13. The Morgan fingerprint density at radius 1 is 1.24 bits per heavy atom. The summed E-state index contributed by atoms with van der Waals surface area (Å²) in [6.45, 7) is 3.47. The van der Waals surface area contributed by atoms with Crippen molar-refractivity contribution in [2.24, 2.45) is 17.6 Å². The molecule has 4 atom stereocenters. The third kappa shape index (κ3) is 3.47. The molecule has 1 saturated carbocycles. The van der Waals surface area contributed by atoms with Gasteiger partial charge in [-0.25, -0.2) is 0 Å². The minimum atomic E-state index is -4.31. The molecule has 0 unspecified atom stereocenters. The van der Waals surface area contributed by atoms with E-state index in [0.29, 0.717) is 11.8 Å². The third-order valence-electron chi connectivity index (χ3n) is 5.92. The molecule has 7 heteroatoms. The Bertz CT molecular complexity index is 631. The van der Waals surface area contributed by atoms with E-state index in [2.05, 4.69) is 9.80 Å². The van der Waals surface area contributed by atoms with Crippen LogP contribution in [0.25, 0.3) is 0 Å². The molecule has 25 heavy (non-hydrogen) atoms. The van der Waals surface area contributed by atoms with Crippen LogP contribution in [0, 0.1) is 11.8 Å². The highest BCUT2D eigenvalue weighted by Gasteiger charge is 2.45. The van der Waals surface area contributed by atoms with Gasteiger partial charge in [-0.2, -0.15) is 13.2 Å². The van der Waals surface area contributed by atoms with Gasteiger partial charge in [0.25, 0.3) is 0 Å². The number of halogens is 3. The number of rotatable bonds is 4. The van der Waals surface area contributed by atoms with Crippen molar-refractivity contribution in [2.75, 3.05) is 25.0 Å². The first kappa shape index (κ1) is 18.0. The molecular formula is C18H24F3N3O. The first-order chi connectivity index (χ1) is 11.7. The minimum Gasteiger partial charge on any atom is -0.371 e. The zero-order valence-electron chi connectivity index (χ0n) is 14.5. The number of likely N-dealkylation sites (N-methyl/N-ethyl adjacent to an activating group) is 1. The van der Waals surface area contributed by atoms with Crippen LogP contribution in [0.1, 0.15) is 25.3 Å². The third-order valence-corrected chi connectivity index (χ3v) is 5.92. The van der Waals surface area contributed by atoms with Gasteiger partial charge < -0.3 is 10.6 Å². The van der Waals surface area contributed by atoms with Crippen LogP contribution in [-0.4, -0.2) is 43.0 Å². The Kier molecular flexibility index (Phi) is 4.70. The lowest BCUT2D eigenvalue weighted by Gasteiger charge is -2.33. The van der Waals surface area contributed by atoms with E-state index in [1.54, 1.807) is 12.1 Å². The van der Waals surface area contributed by atoms with Crippen molar-refractivity contribution < 1.29 is 18.0 Å². The highest BCUT2D eigenvalue weighted by atomic mass is 19.4. The standard InChI is InChI=1S/C18H24F3N3O/c1-11(17(22)25)23(2)16-8-3-12-9-24(10-15(12)16)14-6-4-13(5-7-14)18(19,20)21/h4-7,11-12,15-16H,3,8-10H2,1-2H3,(H2,22,25)/t11-,12+,15-,16-/m0/s1. The Morgan fingerprint density at radius 3 is 2.44 bits per heavy atom. The molecule has 1 saturated heterocycles. The van der Waals surface area contributed by atoms with Crippen molar-refractivity contribution >= 4 is 11.6 Å². The van der Waals surface area contributed by atoms with Gasteiger partial charge in [0.15, 0.2) is 0 Å². The van der Waals surface area contributed by atoms with Gasteiger partial charge in [-0.3, -0.25) is 9.69 Å². The van der Waals surface area contributed by atoms with Crippen LogP contribution in [0.5, 0.6) is 0 Å². The Balaban J connectivity index is 1.70. The van der Waals surface area contributed by atoms with E-state index in [1.807, 2.05) is 14.0 Å². The summed E-state index contributed by atoms with van der Waals surface area (Å²) in [5, 5.41) is 0. The minimum absolute atomic E-state index is 0.284. The molecule has 1 aliphatic heterocycles. The molecule has 1 aromatic carbocycles. The van der Waals surface area contributed by atoms with Crippen molar-refractivity contribution in [3.63, 3.8) is 0 Å². The number of nitrogens with zero attached hydrogens (tertiary/aromatic N) is 2. The number of carbonyl (C=O) groups excluding carboxylic acids is 1. The number of alkyl halides is 3. The lowest BCUT2D eigenvalue weighted by atomic mass is 9.96. The van der Waals surface area contributed by atoms with Crippen LogP contribution in [0.2, 0.25) is 0 Å². The summed E-state index contributed by atoms with van der Waals surface area (Å²) in [5.74, 6) is 0.590. The maximum Gasteiger partial charge on any atom is 0.416 e. The monoisotopic (exact) mass is 355 g/mol. The molecule has 1 aromatic rings. The molecule has 1 amide bonds. The molecule has 2 N–H and O–H groups in total. The van der Waals surface area contributed by atoms with E-state index in [4.69, 9.17) is 5.73 Å². The molecule has 138 valence electrons. The molecule has 2 aliphatic rings. The number of amides is 1. The average molecular weight is 355 g/mol. The van der Waals surface area contributed by atoms with Crippen molar-refractivity contribution in [3.8, 4) is 0 Å². The summed E-state index contributed by atoms with van der Waals surface area (Å²) in [7, 11) is 1.93. The zero-order chi connectivity index (χ0) is 18.4. The quantitative estimate of drug-likeness (QED) is 0.904. The molecular weight excluding hydrogens is 331 g/mol. The Morgan fingerprint density at radius 2 is 1.88 bits per heavy atom.